The second-order valence-corrected chi connectivity index (χ2v) is 7.57. The average Bonchev–Trinajstić information content (AvgIpc) is 2.69. The number of aliphatic imine (C=N–C) groups is 1. The second kappa shape index (κ2) is 10.3. The SMILES string of the molecule is CN=C(NCc1ccccc1OC1CCC1)NC1CCN(CC(=O)NC)CC1. The predicted octanol–water partition coefficient (Wildman–Crippen LogP) is 1.49. The van der Waals surface area contributed by atoms with Gasteiger partial charge >= 0.3 is 0 Å². The molecule has 0 spiro atoms. The van der Waals surface area contributed by atoms with Crippen molar-refractivity contribution in [3.63, 3.8) is 0 Å². The largest absolute Gasteiger partial charge is 0.490 e. The van der Waals surface area contributed by atoms with Crippen LogP contribution in [0.15, 0.2) is 29.3 Å². The molecule has 1 aliphatic carbocycles. The van der Waals surface area contributed by atoms with Crippen molar-refractivity contribution in [1.82, 2.24) is 20.9 Å². The van der Waals surface area contributed by atoms with Crippen molar-refractivity contribution >= 4 is 11.9 Å². The quantitative estimate of drug-likeness (QED) is 0.488. The zero-order chi connectivity index (χ0) is 19.8. The third kappa shape index (κ3) is 5.86. The van der Waals surface area contributed by atoms with Gasteiger partial charge in [-0.1, -0.05) is 18.2 Å². The predicted molar refractivity (Wildman–Crippen MR) is 112 cm³/mol. The minimum Gasteiger partial charge on any atom is -0.490 e. The van der Waals surface area contributed by atoms with Gasteiger partial charge in [0.05, 0.1) is 12.6 Å². The Hall–Kier alpha value is -2.28. The van der Waals surface area contributed by atoms with Crippen LogP contribution in [0.5, 0.6) is 5.75 Å². The standard InChI is InChI=1S/C21H33N5O2/c1-22-20(27)15-26-12-10-17(11-13-26)25-21(23-2)24-14-16-6-3-4-9-19(16)28-18-7-5-8-18/h3-4,6,9,17-18H,5,7-8,10-15H2,1-2H3,(H,22,27)(H2,23,24,25). The highest BCUT2D eigenvalue weighted by Crippen LogP contribution is 2.27. The van der Waals surface area contributed by atoms with Crippen LogP contribution in [0, 0.1) is 0 Å². The summed E-state index contributed by atoms with van der Waals surface area (Å²) in [6.45, 7) is 2.99. The van der Waals surface area contributed by atoms with Crippen molar-refractivity contribution in [2.24, 2.45) is 4.99 Å². The molecule has 2 aliphatic rings. The Balaban J connectivity index is 1.45. The van der Waals surface area contributed by atoms with Crippen LogP contribution in [-0.4, -0.2) is 62.6 Å². The van der Waals surface area contributed by atoms with Crippen LogP contribution in [0.2, 0.25) is 0 Å². The molecule has 1 saturated heterocycles. The van der Waals surface area contributed by atoms with Gasteiger partial charge in [-0.2, -0.15) is 0 Å². The molecule has 0 radical (unpaired) electrons. The van der Waals surface area contributed by atoms with Gasteiger partial charge < -0.3 is 20.7 Å². The van der Waals surface area contributed by atoms with Gasteiger partial charge in [-0.3, -0.25) is 14.7 Å². The summed E-state index contributed by atoms with van der Waals surface area (Å²) in [6.07, 6.45) is 5.95. The van der Waals surface area contributed by atoms with Gasteiger partial charge in [-0.25, -0.2) is 0 Å². The maximum atomic E-state index is 11.5. The second-order valence-electron chi connectivity index (χ2n) is 7.57. The lowest BCUT2D eigenvalue weighted by atomic mass is 9.96. The van der Waals surface area contributed by atoms with E-state index in [1.54, 1.807) is 14.1 Å². The fourth-order valence-corrected chi connectivity index (χ4v) is 3.52. The van der Waals surface area contributed by atoms with Crippen molar-refractivity contribution < 1.29 is 9.53 Å². The Morgan fingerprint density at radius 3 is 2.61 bits per heavy atom. The molecular formula is C21H33N5O2. The molecule has 1 aliphatic heterocycles. The maximum absolute atomic E-state index is 11.5. The van der Waals surface area contributed by atoms with Crippen LogP contribution in [0.3, 0.4) is 0 Å². The van der Waals surface area contributed by atoms with E-state index in [0.717, 1.165) is 56.0 Å². The lowest BCUT2D eigenvalue weighted by molar-refractivity contribution is -0.122. The van der Waals surface area contributed by atoms with E-state index in [2.05, 4.69) is 31.9 Å². The summed E-state index contributed by atoms with van der Waals surface area (Å²) < 4.78 is 6.11. The molecule has 3 N–H and O–H groups in total. The first-order valence-electron chi connectivity index (χ1n) is 10.3. The minimum absolute atomic E-state index is 0.0756. The number of para-hydroxylation sites is 1. The van der Waals surface area contributed by atoms with Crippen LogP contribution < -0.4 is 20.7 Å². The van der Waals surface area contributed by atoms with Gasteiger partial charge in [0.2, 0.25) is 5.91 Å². The number of benzene rings is 1. The number of rotatable bonds is 7. The maximum Gasteiger partial charge on any atom is 0.233 e. The molecule has 0 aromatic heterocycles. The molecule has 28 heavy (non-hydrogen) atoms. The Kier molecular flexibility index (Phi) is 7.54. The molecular weight excluding hydrogens is 354 g/mol. The van der Waals surface area contributed by atoms with E-state index in [1.807, 2.05) is 18.2 Å². The highest BCUT2D eigenvalue weighted by atomic mass is 16.5. The topological polar surface area (TPSA) is 78.0 Å². The normalized spacial score (nSPS) is 19.0. The first kappa shape index (κ1) is 20.5. The summed E-state index contributed by atoms with van der Waals surface area (Å²) in [5.41, 5.74) is 1.15. The summed E-state index contributed by atoms with van der Waals surface area (Å²) >= 11 is 0. The van der Waals surface area contributed by atoms with Crippen molar-refractivity contribution in [3.05, 3.63) is 29.8 Å². The van der Waals surface area contributed by atoms with Crippen LogP contribution >= 0.6 is 0 Å². The van der Waals surface area contributed by atoms with Crippen molar-refractivity contribution in [1.29, 1.82) is 0 Å². The van der Waals surface area contributed by atoms with Crippen LogP contribution in [-0.2, 0) is 11.3 Å². The first-order valence-corrected chi connectivity index (χ1v) is 10.3. The lowest BCUT2D eigenvalue weighted by Crippen LogP contribution is -2.49. The Morgan fingerprint density at radius 2 is 1.96 bits per heavy atom. The van der Waals surface area contributed by atoms with E-state index >= 15 is 0 Å². The van der Waals surface area contributed by atoms with Crippen LogP contribution in [0.1, 0.15) is 37.7 Å². The molecule has 3 rings (SSSR count). The molecule has 0 atom stereocenters. The first-order chi connectivity index (χ1) is 13.7. The van der Waals surface area contributed by atoms with E-state index in [1.165, 1.54) is 6.42 Å². The van der Waals surface area contributed by atoms with Crippen molar-refractivity contribution in [2.75, 3.05) is 33.7 Å². The molecule has 7 nitrogen and oxygen atoms in total. The van der Waals surface area contributed by atoms with Crippen LogP contribution in [0.25, 0.3) is 0 Å². The van der Waals surface area contributed by atoms with E-state index in [-0.39, 0.29) is 5.91 Å². The Bertz CT molecular complexity index is 667. The fraction of sp³-hybridized carbons (Fsp3) is 0.619. The fourth-order valence-electron chi connectivity index (χ4n) is 3.52. The number of guanidine groups is 1. The number of nitrogens with zero attached hydrogens (tertiary/aromatic N) is 2. The number of hydrogen-bond donors (Lipinski definition) is 3. The minimum atomic E-state index is 0.0756. The molecule has 1 aromatic carbocycles. The number of carbonyl (C=O) groups excluding carboxylic acids is 1. The molecule has 154 valence electrons. The molecule has 0 bridgehead atoms. The summed E-state index contributed by atoms with van der Waals surface area (Å²) in [7, 11) is 3.48. The number of amides is 1. The van der Waals surface area contributed by atoms with E-state index < -0.39 is 0 Å². The van der Waals surface area contributed by atoms with Gasteiger partial charge in [-0.15, -0.1) is 0 Å². The number of carbonyl (C=O) groups is 1. The van der Waals surface area contributed by atoms with E-state index in [0.29, 0.717) is 25.2 Å². The molecule has 2 fully saturated rings. The Morgan fingerprint density at radius 1 is 1.21 bits per heavy atom. The summed E-state index contributed by atoms with van der Waals surface area (Å²) in [5.74, 6) is 1.85. The third-order valence-electron chi connectivity index (χ3n) is 5.56. The highest BCUT2D eigenvalue weighted by Gasteiger charge is 2.22. The summed E-state index contributed by atoms with van der Waals surface area (Å²) in [5, 5.41) is 9.62. The molecule has 0 unspecified atom stereocenters. The highest BCUT2D eigenvalue weighted by molar-refractivity contribution is 5.80. The van der Waals surface area contributed by atoms with Gasteiger partial charge in [-0.05, 0) is 38.2 Å². The van der Waals surface area contributed by atoms with Gasteiger partial charge in [0, 0.05) is 45.3 Å². The average molecular weight is 388 g/mol. The van der Waals surface area contributed by atoms with Gasteiger partial charge in [0.1, 0.15) is 5.75 Å². The molecule has 1 heterocycles. The molecule has 1 saturated carbocycles. The monoisotopic (exact) mass is 387 g/mol. The number of nitrogens with one attached hydrogen (secondary N) is 3. The number of ether oxygens (including phenoxy) is 1. The van der Waals surface area contributed by atoms with E-state index in [4.69, 9.17) is 4.74 Å². The summed E-state index contributed by atoms with van der Waals surface area (Å²) in [6, 6.07) is 8.59. The lowest BCUT2D eigenvalue weighted by Gasteiger charge is -2.32. The number of piperidine rings is 1. The number of hydrogen-bond acceptors (Lipinski definition) is 4. The zero-order valence-corrected chi connectivity index (χ0v) is 17.0. The molecule has 7 heteroatoms. The van der Waals surface area contributed by atoms with Crippen molar-refractivity contribution in [2.45, 2.75) is 50.8 Å². The summed E-state index contributed by atoms with van der Waals surface area (Å²) in [4.78, 5) is 18.1. The molecule has 1 aromatic rings. The van der Waals surface area contributed by atoms with Gasteiger partial charge in [0.15, 0.2) is 5.96 Å². The molecule has 1 amide bonds. The van der Waals surface area contributed by atoms with Crippen LogP contribution in [0.4, 0.5) is 0 Å². The third-order valence-corrected chi connectivity index (χ3v) is 5.56. The smallest absolute Gasteiger partial charge is 0.233 e. The Labute approximate surface area is 167 Å². The number of likely N-dealkylation sites (tertiary alicyclic amines) is 1. The van der Waals surface area contributed by atoms with E-state index in [9.17, 15) is 4.79 Å². The van der Waals surface area contributed by atoms with Gasteiger partial charge in [0.25, 0.3) is 0 Å². The number of likely N-dealkylation sites (N-methyl/N-ethyl adjacent to an activating group) is 1. The zero-order valence-electron chi connectivity index (χ0n) is 17.0. The van der Waals surface area contributed by atoms with Crippen molar-refractivity contribution in [3.8, 4) is 5.75 Å².